The summed E-state index contributed by atoms with van der Waals surface area (Å²) in [6.07, 6.45) is 2.28. The van der Waals surface area contributed by atoms with Gasteiger partial charge in [-0.3, -0.25) is 14.0 Å². The monoisotopic (exact) mass is 520 g/mol. The summed E-state index contributed by atoms with van der Waals surface area (Å²) in [6.45, 7) is 4.17. The van der Waals surface area contributed by atoms with Crippen LogP contribution < -0.4 is 11.0 Å². The number of benzene rings is 2. The number of esters is 1. The highest BCUT2D eigenvalue weighted by molar-refractivity contribution is 5.94. The molecule has 0 N–H and O–H groups in total. The van der Waals surface area contributed by atoms with Crippen molar-refractivity contribution in [1.29, 1.82) is 0 Å². The van der Waals surface area contributed by atoms with Crippen LogP contribution in [0.2, 0.25) is 0 Å². The number of hydrogen-bond donors (Lipinski definition) is 0. The van der Waals surface area contributed by atoms with Crippen LogP contribution in [0, 0.1) is 0 Å². The van der Waals surface area contributed by atoms with Crippen molar-refractivity contribution in [2.45, 2.75) is 32.7 Å². The molecule has 0 unspecified atom stereocenters. The molecule has 5 aromatic rings. The smallest absolute Gasteiger partial charge is 0.341 e. The molecule has 0 aliphatic carbocycles. The number of carbonyl (C=O) groups is 2. The molecule has 0 bridgehead atoms. The van der Waals surface area contributed by atoms with Gasteiger partial charge in [0.1, 0.15) is 16.9 Å². The van der Waals surface area contributed by atoms with Gasteiger partial charge in [-0.2, -0.15) is 4.99 Å². The molecule has 0 fully saturated rings. The van der Waals surface area contributed by atoms with Gasteiger partial charge in [-0.05, 0) is 42.7 Å². The summed E-state index contributed by atoms with van der Waals surface area (Å²) in [7, 11) is 0. The first-order valence-corrected chi connectivity index (χ1v) is 12.9. The molecule has 3 heterocycles. The molecule has 0 saturated carbocycles. The Bertz CT molecular complexity index is 1750. The van der Waals surface area contributed by atoms with E-state index in [1.54, 1.807) is 35.9 Å². The zero-order valence-electron chi connectivity index (χ0n) is 21.8. The fourth-order valence-corrected chi connectivity index (χ4v) is 4.73. The molecule has 5 rings (SSSR count). The van der Waals surface area contributed by atoms with E-state index in [2.05, 4.69) is 4.99 Å². The highest BCUT2D eigenvalue weighted by Gasteiger charge is 2.25. The van der Waals surface area contributed by atoms with Gasteiger partial charge < -0.3 is 9.30 Å². The Kier molecular flexibility index (Phi) is 7.45. The van der Waals surface area contributed by atoms with Crippen LogP contribution in [0.25, 0.3) is 16.7 Å². The molecule has 3 aromatic heterocycles. The number of ether oxygens (including phenoxy) is 1. The van der Waals surface area contributed by atoms with Gasteiger partial charge in [-0.25, -0.2) is 9.78 Å². The summed E-state index contributed by atoms with van der Waals surface area (Å²) >= 11 is 0. The second-order valence-electron chi connectivity index (χ2n) is 9.04. The number of amides is 1. The van der Waals surface area contributed by atoms with Crippen molar-refractivity contribution in [3.05, 3.63) is 124 Å². The molecule has 2 aromatic carbocycles. The second-order valence-corrected chi connectivity index (χ2v) is 9.04. The van der Waals surface area contributed by atoms with Crippen LogP contribution in [0.15, 0.2) is 101 Å². The molecule has 39 heavy (non-hydrogen) atoms. The number of aromatic nitrogens is 3. The molecule has 0 saturated heterocycles. The normalized spacial score (nSPS) is 11.8. The van der Waals surface area contributed by atoms with E-state index >= 15 is 0 Å². The third-order valence-corrected chi connectivity index (χ3v) is 6.46. The van der Waals surface area contributed by atoms with E-state index in [9.17, 15) is 14.4 Å². The Balaban J connectivity index is 1.84. The Morgan fingerprint density at radius 3 is 2.18 bits per heavy atom. The number of fused-ring (bicyclic) bond motifs is 2. The van der Waals surface area contributed by atoms with Crippen LogP contribution in [0.4, 0.5) is 0 Å². The van der Waals surface area contributed by atoms with Crippen molar-refractivity contribution < 1.29 is 14.3 Å². The highest BCUT2D eigenvalue weighted by atomic mass is 16.5. The molecule has 0 aliphatic heterocycles. The number of rotatable bonds is 7. The van der Waals surface area contributed by atoms with Crippen molar-refractivity contribution in [3.8, 4) is 0 Å². The van der Waals surface area contributed by atoms with Crippen LogP contribution in [0.3, 0.4) is 0 Å². The molecule has 8 heteroatoms. The van der Waals surface area contributed by atoms with Gasteiger partial charge in [0.15, 0.2) is 5.49 Å². The predicted octanol–water partition coefficient (Wildman–Crippen LogP) is 4.50. The lowest BCUT2D eigenvalue weighted by Gasteiger charge is -2.17. The quantitative estimate of drug-likeness (QED) is 0.233. The van der Waals surface area contributed by atoms with Crippen LogP contribution in [-0.2, 0) is 16.1 Å². The number of pyridine rings is 2. The first kappa shape index (κ1) is 25.8. The molecule has 8 nitrogen and oxygen atoms in total. The second kappa shape index (κ2) is 11.3. The molecule has 0 radical (unpaired) electrons. The standard InChI is InChI=1S/C31H28N4O4/c1-3-18-35-27-23(30(37)34-19-12-11-17-25(34)32-27)20-24(31(38)39-4-2)28(35)33-29(36)26(21-13-7-5-8-14-21)22-15-9-6-10-16-22/h5-17,19-20,26H,3-4,18H2,1-2H3. The number of nitrogens with zero attached hydrogens (tertiary/aromatic N) is 4. The summed E-state index contributed by atoms with van der Waals surface area (Å²) in [5.41, 5.74) is 2.20. The highest BCUT2D eigenvalue weighted by Crippen LogP contribution is 2.26. The number of aryl methyl sites for hydroxylation is 1. The van der Waals surface area contributed by atoms with Gasteiger partial charge in [0.25, 0.3) is 11.5 Å². The molecular formula is C31H28N4O4. The van der Waals surface area contributed by atoms with Crippen LogP contribution >= 0.6 is 0 Å². The maximum atomic E-state index is 14.0. The Morgan fingerprint density at radius 2 is 1.56 bits per heavy atom. The van der Waals surface area contributed by atoms with E-state index in [0.717, 1.165) is 11.1 Å². The largest absolute Gasteiger partial charge is 0.462 e. The van der Waals surface area contributed by atoms with Gasteiger partial charge >= 0.3 is 5.97 Å². The summed E-state index contributed by atoms with van der Waals surface area (Å²) < 4.78 is 8.44. The van der Waals surface area contributed by atoms with Crippen molar-refractivity contribution in [2.75, 3.05) is 6.61 Å². The average molecular weight is 521 g/mol. The zero-order valence-corrected chi connectivity index (χ0v) is 21.8. The van der Waals surface area contributed by atoms with Crippen molar-refractivity contribution >= 4 is 28.6 Å². The summed E-state index contributed by atoms with van der Waals surface area (Å²) in [5.74, 6) is -1.80. The lowest BCUT2D eigenvalue weighted by atomic mass is 9.91. The summed E-state index contributed by atoms with van der Waals surface area (Å²) in [6, 6.07) is 25.5. The topological polar surface area (TPSA) is 95.0 Å². The minimum atomic E-state index is -0.691. The van der Waals surface area contributed by atoms with Crippen molar-refractivity contribution in [2.24, 2.45) is 4.99 Å². The fourth-order valence-electron chi connectivity index (χ4n) is 4.73. The Labute approximate surface area is 224 Å². The van der Waals surface area contributed by atoms with E-state index in [4.69, 9.17) is 9.72 Å². The van der Waals surface area contributed by atoms with Crippen LogP contribution in [-0.4, -0.2) is 32.4 Å². The van der Waals surface area contributed by atoms with Gasteiger partial charge in [-0.1, -0.05) is 73.7 Å². The van der Waals surface area contributed by atoms with E-state index in [1.165, 1.54) is 10.5 Å². The average Bonchev–Trinajstić information content (AvgIpc) is 2.96. The van der Waals surface area contributed by atoms with Gasteiger partial charge in [0.05, 0.1) is 17.9 Å². The molecule has 0 aliphatic rings. The SMILES string of the molecule is CCCn1c(=NC(=O)C(c2ccccc2)c2ccccc2)c(C(=O)OCC)cc2c(=O)n3ccccc3nc21. The number of carbonyl (C=O) groups excluding carboxylic acids is 2. The van der Waals surface area contributed by atoms with Gasteiger partial charge in [-0.15, -0.1) is 0 Å². The lowest BCUT2D eigenvalue weighted by Crippen LogP contribution is -2.33. The zero-order chi connectivity index (χ0) is 27.4. The van der Waals surface area contributed by atoms with Crippen LogP contribution in [0.5, 0.6) is 0 Å². The van der Waals surface area contributed by atoms with Gasteiger partial charge in [0.2, 0.25) is 0 Å². The van der Waals surface area contributed by atoms with E-state index in [0.29, 0.717) is 24.3 Å². The first-order chi connectivity index (χ1) is 19.0. The lowest BCUT2D eigenvalue weighted by molar-refractivity contribution is -0.118. The maximum absolute atomic E-state index is 14.0. The third kappa shape index (κ3) is 5.01. The Hall–Kier alpha value is -4.85. The van der Waals surface area contributed by atoms with Crippen molar-refractivity contribution in [1.82, 2.24) is 14.0 Å². The third-order valence-electron chi connectivity index (χ3n) is 6.46. The van der Waals surface area contributed by atoms with Gasteiger partial charge in [0, 0.05) is 12.7 Å². The molecular weight excluding hydrogens is 492 g/mol. The fraction of sp³-hybridized carbons (Fsp3) is 0.194. The molecule has 1 amide bonds. The minimum absolute atomic E-state index is 0.0424. The van der Waals surface area contributed by atoms with E-state index in [-0.39, 0.29) is 28.6 Å². The van der Waals surface area contributed by atoms with Crippen LogP contribution in [0.1, 0.15) is 47.7 Å². The van der Waals surface area contributed by atoms with E-state index < -0.39 is 17.8 Å². The predicted molar refractivity (Wildman–Crippen MR) is 149 cm³/mol. The van der Waals surface area contributed by atoms with E-state index in [1.807, 2.05) is 67.6 Å². The van der Waals surface area contributed by atoms with Crippen molar-refractivity contribution in [3.63, 3.8) is 0 Å². The first-order valence-electron chi connectivity index (χ1n) is 12.9. The summed E-state index contributed by atoms with van der Waals surface area (Å²) in [4.78, 5) is 49.9. The molecule has 0 atom stereocenters. The maximum Gasteiger partial charge on any atom is 0.341 e. The minimum Gasteiger partial charge on any atom is -0.462 e. The Morgan fingerprint density at radius 1 is 0.923 bits per heavy atom. The molecule has 196 valence electrons. The summed E-state index contributed by atoms with van der Waals surface area (Å²) in [5, 5.41) is 0.240. The molecule has 0 spiro atoms. The number of hydrogen-bond acceptors (Lipinski definition) is 5.